The third kappa shape index (κ3) is 4.53. The molecule has 0 fully saturated rings. The molecule has 0 spiro atoms. The summed E-state index contributed by atoms with van der Waals surface area (Å²) in [4.78, 5) is 4.07. The molecule has 0 saturated carbocycles. The Kier molecular flexibility index (Phi) is 7.10. The van der Waals surface area contributed by atoms with Gasteiger partial charge >= 0.3 is 0 Å². The predicted octanol–water partition coefficient (Wildman–Crippen LogP) is 4.11. The van der Waals surface area contributed by atoms with Gasteiger partial charge < -0.3 is 10.1 Å². The number of benzene rings is 1. The number of methoxy groups -OCH3 is 1. The van der Waals surface area contributed by atoms with Crippen LogP contribution in [0.5, 0.6) is 5.75 Å². The highest BCUT2D eigenvalue weighted by atomic mass is 35.5. The normalized spacial score (nSPS) is 9.95. The predicted molar refractivity (Wildman–Crippen MR) is 85.0 cm³/mol. The fourth-order valence-corrected chi connectivity index (χ4v) is 2.43. The number of pyridine rings is 1. The van der Waals surface area contributed by atoms with E-state index in [1.807, 2.05) is 24.4 Å². The lowest BCUT2D eigenvalue weighted by atomic mass is 10.2. The summed E-state index contributed by atoms with van der Waals surface area (Å²) in [5, 5.41) is 4.43. The first kappa shape index (κ1) is 17.1. The van der Waals surface area contributed by atoms with E-state index in [2.05, 4.69) is 10.3 Å². The monoisotopic (exact) mass is 332 g/mol. The van der Waals surface area contributed by atoms with E-state index in [0.29, 0.717) is 22.3 Å². The van der Waals surface area contributed by atoms with Crippen LogP contribution in [-0.2, 0) is 13.1 Å². The summed E-state index contributed by atoms with van der Waals surface area (Å²) in [6.07, 6.45) is 3.58. The van der Waals surface area contributed by atoms with E-state index in [-0.39, 0.29) is 12.4 Å². The number of ether oxygens (including phenoxy) is 1. The van der Waals surface area contributed by atoms with E-state index in [1.54, 1.807) is 19.4 Å². The van der Waals surface area contributed by atoms with Gasteiger partial charge in [-0.15, -0.1) is 12.4 Å². The third-order valence-electron chi connectivity index (χ3n) is 2.66. The molecule has 1 N–H and O–H groups in total. The second-order valence-corrected chi connectivity index (χ2v) is 4.89. The Morgan fingerprint density at radius 1 is 1.25 bits per heavy atom. The molecule has 0 saturated heterocycles. The number of hydrogen-bond donors (Lipinski definition) is 1. The lowest BCUT2D eigenvalue weighted by molar-refractivity contribution is 0.408. The van der Waals surface area contributed by atoms with Gasteiger partial charge in [0.05, 0.1) is 12.1 Å². The molecule has 1 aromatic carbocycles. The van der Waals surface area contributed by atoms with E-state index >= 15 is 0 Å². The Labute approximate surface area is 134 Å². The van der Waals surface area contributed by atoms with Gasteiger partial charge in [-0.05, 0) is 23.8 Å². The van der Waals surface area contributed by atoms with Crippen molar-refractivity contribution in [2.75, 3.05) is 7.11 Å². The summed E-state index contributed by atoms with van der Waals surface area (Å²) < 4.78 is 5.29. The first-order chi connectivity index (χ1) is 9.20. The third-order valence-corrected chi connectivity index (χ3v) is 3.16. The van der Waals surface area contributed by atoms with Crippen LogP contribution in [0.4, 0.5) is 0 Å². The molecular formula is C14H15Cl3N2O. The summed E-state index contributed by atoms with van der Waals surface area (Å²) in [6.45, 7) is 1.35. The molecule has 108 valence electrons. The topological polar surface area (TPSA) is 34.1 Å². The van der Waals surface area contributed by atoms with Crippen LogP contribution in [-0.4, -0.2) is 12.1 Å². The van der Waals surface area contributed by atoms with E-state index in [1.165, 1.54) is 0 Å². The molecule has 0 atom stereocenters. The molecule has 2 aromatic rings. The van der Waals surface area contributed by atoms with Crippen molar-refractivity contribution in [3.8, 4) is 5.75 Å². The first-order valence-corrected chi connectivity index (χ1v) is 6.58. The van der Waals surface area contributed by atoms with Crippen LogP contribution in [0.25, 0.3) is 0 Å². The van der Waals surface area contributed by atoms with Crippen LogP contribution in [0, 0.1) is 0 Å². The second kappa shape index (κ2) is 8.32. The quantitative estimate of drug-likeness (QED) is 0.894. The zero-order valence-electron chi connectivity index (χ0n) is 10.9. The number of nitrogens with zero attached hydrogens (tertiary/aromatic N) is 1. The molecule has 0 amide bonds. The Morgan fingerprint density at radius 2 is 2.05 bits per heavy atom. The van der Waals surface area contributed by atoms with Gasteiger partial charge in [0.2, 0.25) is 0 Å². The van der Waals surface area contributed by atoms with Gasteiger partial charge in [0.25, 0.3) is 0 Å². The molecule has 0 radical (unpaired) electrons. The van der Waals surface area contributed by atoms with E-state index < -0.39 is 0 Å². The highest BCUT2D eigenvalue weighted by Gasteiger charge is 2.09. The standard InChI is InChI=1S/C14H14Cl2N2O.ClH/c1-19-14-11(5-12(15)6-13(14)16)9-18-8-10-3-2-4-17-7-10;/h2-7,18H,8-9H2,1H3;1H. The minimum absolute atomic E-state index is 0. The number of aromatic nitrogens is 1. The van der Waals surface area contributed by atoms with Crippen LogP contribution in [0.1, 0.15) is 11.1 Å². The number of rotatable bonds is 5. The Balaban J connectivity index is 0.00000200. The van der Waals surface area contributed by atoms with E-state index in [4.69, 9.17) is 27.9 Å². The van der Waals surface area contributed by atoms with Crippen molar-refractivity contribution in [1.82, 2.24) is 10.3 Å². The van der Waals surface area contributed by atoms with Gasteiger partial charge in [-0.2, -0.15) is 0 Å². The van der Waals surface area contributed by atoms with Crippen molar-refractivity contribution in [3.63, 3.8) is 0 Å². The molecular weight excluding hydrogens is 319 g/mol. The van der Waals surface area contributed by atoms with Crippen LogP contribution < -0.4 is 10.1 Å². The van der Waals surface area contributed by atoms with E-state index in [0.717, 1.165) is 17.7 Å². The van der Waals surface area contributed by atoms with Crippen LogP contribution in [0.3, 0.4) is 0 Å². The zero-order chi connectivity index (χ0) is 13.7. The molecule has 0 unspecified atom stereocenters. The average molecular weight is 334 g/mol. The molecule has 0 aliphatic carbocycles. The zero-order valence-corrected chi connectivity index (χ0v) is 13.2. The van der Waals surface area contributed by atoms with Crippen molar-refractivity contribution >= 4 is 35.6 Å². The van der Waals surface area contributed by atoms with Crippen LogP contribution in [0.15, 0.2) is 36.7 Å². The molecule has 3 nitrogen and oxygen atoms in total. The first-order valence-electron chi connectivity index (χ1n) is 5.82. The molecule has 0 aliphatic heterocycles. The van der Waals surface area contributed by atoms with Gasteiger partial charge in [0, 0.05) is 36.1 Å². The molecule has 1 heterocycles. The minimum atomic E-state index is 0. The van der Waals surface area contributed by atoms with Crippen molar-refractivity contribution in [2.45, 2.75) is 13.1 Å². The Bertz CT molecular complexity index is 550. The molecule has 0 aliphatic rings. The van der Waals surface area contributed by atoms with Crippen molar-refractivity contribution in [2.24, 2.45) is 0 Å². The fraction of sp³-hybridized carbons (Fsp3) is 0.214. The van der Waals surface area contributed by atoms with Gasteiger partial charge in [-0.3, -0.25) is 4.98 Å². The van der Waals surface area contributed by atoms with Crippen molar-refractivity contribution in [1.29, 1.82) is 0 Å². The van der Waals surface area contributed by atoms with Gasteiger partial charge in [-0.25, -0.2) is 0 Å². The lowest BCUT2D eigenvalue weighted by Crippen LogP contribution is -2.13. The maximum atomic E-state index is 6.08. The Hall–Kier alpha value is -1.00. The second-order valence-electron chi connectivity index (χ2n) is 4.04. The highest BCUT2D eigenvalue weighted by molar-refractivity contribution is 6.35. The molecule has 0 bridgehead atoms. The highest BCUT2D eigenvalue weighted by Crippen LogP contribution is 2.32. The number of nitrogens with one attached hydrogen (secondary N) is 1. The van der Waals surface area contributed by atoms with Gasteiger partial charge in [0.15, 0.2) is 0 Å². The molecule has 2 rings (SSSR count). The molecule has 20 heavy (non-hydrogen) atoms. The van der Waals surface area contributed by atoms with Crippen molar-refractivity contribution < 1.29 is 4.74 Å². The molecule has 6 heteroatoms. The van der Waals surface area contributed by atoms with Crippen LogP contribution in [0.2, 0.25) is 10.0 Å². The average Bonchev–Trinajstić information content (AvgIpc) is 2.39. The maximum absolute atomic E-state index is 6.08. The van der Waals surface area contributed by atoms with Gasteiger partial charge in [-0.1, -0.05) is 29.3 Å². The number of halogens is 3. The van der Waals surface area contributed by atoms with Gasteiger partial charge in [0.1, 0.15) is 5.75 Å². The summed E-state index contributed by atoms with van der Waals surface area (Å²) in [6, 6.07) is 7.45. The fourth-order valence-electron chi connectivity index (χ4n) is 1.82. The Morgan fingerprint density at radius 3 is 2.70 bits per heavy atom. The number of hydrogen-bond acceptors (Lipinski definition) is 3. The summed E-state index contributed by atoms with van der Waals surface area (Å²) in [5.74, 6) is 0.657. The van der Waals surface area contributed by atoms with Crippen molar-refractivity contribution in [3.05, 3.63) is 57.8 Å². The minimum Gasteiger partial charge on any atom is -0.495 e. The largest absolute Gasteiger partial charge is 0.495 e. The maximum Gasteiger partial charge on any atom is 0.142 e. The SMILES string of the molecule is COc1c(Cl)cc(Cl)cc1CNCc1cccnc1.Cl. The lowest BCUT2D eigenvalue weighted by Gasteiger charge is -2.12. The van der Waals surface area contributed by atoms with E-state index in [9.17, 15) is 0 Å². The molecule has 1 aromatic heterocycles. The summed E-state index contributed by atoms with van der Waals surface area (Å²) in [7, 11) is 1.60. The van der Waals surface area contributed by atoms with Crippen LogP contribution >= 0.6 is 35.6 Å². The smallest absolute Gasteiger partial charge is 0.142 e. The summed E-state index contributed by atoms with van der Waals surface area (Å²) in [5.41, 5.74) is 2.05. The summed E-state index contributed by atoms with van der Waals surface area (Å²) >= 11 is 12.1.